The minimum Gasteiger partial charge on any atom is -0.444 e. The summed E-state index contributed by atoms with van der Waals surface area (Å²) in [6.07, 6.45) is 7.61. The zero-order valence-corrected chi connectivity index (χ0v) is 44.3. The Balaban J connectivity index is 0.000000138. The minimum absolute atomic E-state index is 0. The van der Waals surface area contributed by atoms with E-state index in [2.05, 4.69) is 143 Å². The van der Waals surface area contributed by atoms with Crippen LogP contribution in [0.3, 0.4) is 0 Å². The van der Waals surface area contributed by atoms with Crippen molar-refractivity contribution >= 4 is 17.8 Å². The van der Waals surface area contributed by atoms with Crippen LogP contribution >= 0.6 is 0 Å². The maximum Gasteiger partial charge on any atom is 0.410 e. The van der Waals surface area contributed by atoms with E-state index >= 15 is 0 Å². The van der Waals surface area contributed by atoms with Gasteiger partial charge in [-0.05, 0) is 147 Å². The van der Waals surface area contributed by atoms with Crippen molar-refractivity contribution in [2.75, 3.05) is 58.9 Å². The number of ketones is 1. The lowest BCUT2D eigenvalue weighted by Crippen LogP contribution is -2.53. The summed E-state index contributed by atoms with van der Waals surface area (Å²) in [5, 5.41) is 12.9. The van der Waals surface area contributed by atoms with Gasteiger partial charge < -0.3 is 29.8 Å². The van der Waals surface area contributed by atoms with Gasteiger partial charge in [-0.3, -0.25) is 14.6 Å². The molecule has 6 saturated heterocycles. The predicted octanol–water partition coefficient (Wildman–Crippen LogP) is 11.3. The van der Waals surface area contributed by atoms with E-state index in [4.69, 9.17) is 4.74 Å². The van der Waals surface area contributed by atoms with Crippen molar-refractivity contribution in [1.82, 2.24) is 24.9 Å². The van der Waals surface area contributed by atoms with Crippen molar-refractivity contribution in [2.24, 2.45) is 11.8 Å². The Morgan fingerprint density at radius 3 is 1.33 bits per heavy atom. The van der Waals surface area contributed by atoms with Crippen LogP contribution in [0.5, 0.6) is 0 Å². The Bertz CT molecular complexity index is 2770. The number of ether oxygens (including phenoxy) is 1. The third kappa shape index (κ3) is 13.9. The van der Waals surface area contributed by atoms with Gasteiger partial charge in [0, 0.05) is 39.6 Å². The number of hydrogen-bond donors (Lipinski definition) is 2. The molecule has 4 bridgehead atoms. The Kier molecular flexibility index (Phi) is 19.9. The number of nitrogens with one attached hydrogen (secondary N) is 1. The molecule has 0 unspecified atom stereocenters. The molecule has 9 heterocycles. The maximum absolute atomic E-state index is 13.2. The number of benzene rings is 6. The highest BCUT2D eigenvalue weighted by Gasteiger charge is 2.40. The highest BCUT2D eigenvalue weighted by atomic mass is 16.6. The van der Waals surface area contributed by atoms with E-state index in [-0.39, 0.29) is 49.5 Å². The molecular formula is C66H81N5O5. The fourth-order valence-corrected chi connectivity index (χ4v) is 12.3. The lowest BCUT2D eigenvalue weighted by molar-refractivity contribution is -0.130. The lowest BCUT2D eigenvalue weighted by Gasteiger charge is -2.45. The lowest BCUT2D eigenvalue weighted by atomic mass is 9.86. The van der Waals surface area contributed by atoms with E-state index in [1.54, 1.807) is 6.92 Å². The van der Waals surface area contributed by atoms with Crippen LogP contribution in [0, 0.1) is 11.8 Å². The summed E-state index contributed by atoms with van der Waals surface area (Å²) in [4.78, 5) is 43.3. The molecule has 0 spiro atoms. The van der Waals surface area contributed by atoms with Crippen molar-refractivity contribution < 1.29 is 24.2 Å². The number of aliphatic hydroxyl groups is 1. The first-order valence-corrected chi connectivity index (χ1v) is 27.6. The minimum atomic E-state index is -0.155. The molecule has 2 amide bonds. The van der Waals surface area contributed by atoms with Gasteiger partial charge >= 0.3 is 6.09 Å². The van der Waals surface area contributed by atoms with E-state index in [0.29, 0.717) is 24.4 Å². The van der Waals surface area contributed by atoms with Crippen LogP contribution in [0.25, 0.3) is 0 Å². The summed E-state index contributed by atoms with van der Waals surface area (Å²) in [7, 11) is 0. The number of hydrogen-bond acceptors (Lipinski definition) is 8. The first-order chi connectivity index (χ1) is 36.6. The Hall–Kier alpha value is -6.43. The van der Waals surface area contributed by atoms with E-state index in [9.17, 15) is 19.5 Å². The average molecular weight is 1020 g/mol. The van der Waals surface area contributed by atoms with E-state index in [1.165, 1.54) is 84.3 Å². The van der Waals surface area contributed by atoms with Gasteiger partial charge in [-0.1, -0.05) is 171 Å². The first-order valence-electron chi connectivity index (χ1n) is 27.6. The van der Waals surface area contributed by atoms with Crippen LogP contribution in [-0.2, 0) is 33.6 Å². The number of aliphatic hydroxyl groups excluding tert-OH is 1. The van der Waals surface area contributed by atoms with Crippen LogP contribution < -0.4 is 5.32 Å². The largest absolute Gasteiger partial charge is 0.444 e. The summed E-state index contributed by atoms with van der Waals surface area (Å²) in [6, 6.07) is 57.3. The number of carbonyl (C=O) groups is 3. The molecule has 6 aromatic rings. The number of fused-ring (bicyclic) bond motifs is 9. The zero-order chi connectivity index (χ0) is 52.1. The summed E-state index contributed by atoms with van der Waals surface area (Å²) >= 11 is 0. The molecule has 15 rings (SSSR count). The third-order valence-corrected chi connectivity index (χ3v) is 16.1. The third-order valence-electron chi connectivity index (χ3n) is 16.1. The van der Waals surface area contributed by atoms with Crippen molar-refractivity contribution in [2.45, 2.75) is 103 Å². The summed E-state index contributed by atoms with van der Waals surface area (Å²) in [5.74, 6) is 1.48. The second kappa shape index (κ2) is 27.1. The van der Waals surface area contributed by atoms with Crippen molar-refractivity contribution in [3.05, 3.63) is 214 Å². The molecule has 5 atom stereocenters. The second-order valence-electron chi connectivity index (χ2n) is 21.4. The monoisotopic (exact) mass is 1020 g/mol. The number of rotatable bonds is 4. The Labute approximate surface area is 453 Å². The van der Waals surface area contributed by atoms with Gasteiger partial charge in [0.2, 0.25) is 5.91 Å². The molecule has 0 saturated carbocycles. The molecule has 0 aliphatic carbocycles. The molecule has 10 nitrogen and oxygen atoms in total. The molecule has 0 aromatic heterocycles. The Morgan fingerprint density at radius 1 is 0.487 bits per heavy atom. The zero-order valence-electron chi connectivity index (χ0n) is 44.3. The van der Waals surface area contributed by atoms with Gasteiger partial charge in [-0.25, -0.2) is 4.79 Å². The fourth-order valence-electron chi connectivity index (χ4n) is 12.3. The standard InChI is InChI=1S/C23H26N2O2.C17H17NO.C15H15N.C7H13NO.C3H6O.CH4/c26-23(27-21-16-24-13-10-18(21)11-14-24)25-15-12-17-6-4-5-9-20(17)22(25)19-7-2-1-3-8-19;1-13(19)18-12-11-14-7-5-6-10-16(14)17(18)15-8-3-2-4-9-15;1-2-7-13(8-3-1)15-14-9-5-4-6-12(14)10-11-16-15;9-7-5-8-3-1-6(7)2-4-8;1-3(2)4;/h1-9,18,21-22H,10-16H2;2-10,17H,11-12H2,1H3;1-9,15-16H,10-11H2;6-7,9H,1-5H2;1-2H3;1H4/t21-,22-;17-;15-;7-;;/m0000../s1. The number of carbonyl (C=O) groups excluding carboxylic acids is 3. The van der Waals surface area contributed by atoms with Crippen LogP contribution in [0.4, 0.5) is 4.79 Å². The van der Waals surface area contributed by atoms with Gasteiger partial charge in [0.1, 0.15) is 11.9 Å². The fraction of sp³-hybridized carbons (Fsp3) is 0.409. The molecule has 9 aliphatic heterocycles. The van der Waals surface area contributed by atoms with Crippen LogP contribution in [0.1, 0.15) is 122 Å². The quantitative estimate of drug-likeness (QED) is 0.180. The first kappa shape index (κ1) is 55.8. The number of piperidine rings is 6. The highest BCUT2D eigenvalue weighted by Crippen LogP contribution is 2.38. The summed E-state index contributed by atoms with van der Waals surface area (Å²) in [6.45, 7) is 13.9. The van der Waals surface area contributed by atoms with Crippen LogP contribution in [-0.4, -0.2) is 114 Å². The molecule has 10 heteroatoms. The highest BCUT2D eigenvalue weighted by molar-refractivity contribution is 5.75. The van der Waals surface area contributed by atoms with Crippen molar-refractivity contribution in [1.29, 1.82) is 0 Å². The normalized spacial score (nSPS) is 25.1. The van der Waals surface area contributed by atoms with Crippen molar-refractivity contribution in [3.63, 3.8) is 0 Å². The topological polar surface area (TPSA) is 106 Å². The molecular weight excluding hydrogens is 943 g/mol. The predicted molar refractivity (Wildman–Crippen MR) is 305 cm³/mol. The van der Waals surface area contributed by atoms with Gasteiger partial charge in [0.25, 0.3) is 0 Å². The number of Topliss-reactive ketones (excluding diaryl/α,β-unsaturated/α-hetero) is 1. The van der Waals surface area contributed by atoms with E-state index in [0.717, 1.165) is 76.9 Å². The van der Waals surface area contributed by atoms with Crippen molar-refractivity contribution in [3.8, 4) is 0 Å². The Morgan fingerprint density at radius 2 is 0.895 bits per heavy atom. The summed E-state index contributed by atoms with van der Waals surface area (Å²) in [5.41, 5.74) is 11.8. The van der Waals surface area contributed by atoms with Gasteiger partial charge in [-0.15, -0.1) is 0 Å². The van der Waals surface area contributed by atoms with E-state index in [1.807, 2.05) is 46.2 Å². The van der Waals surface area contributed by atoms with Crippen LogP contribution in [0.15, 0.2) is 164 Å². The average Bonchev–Trinajstić information content (AvgIpc) is 3.47. The molecule has 6 aromatic carbocycles. The molecule has 9 aliphatic rings. The molecule has 0 radical (unpaired) electrons. The van der Waals surface area contributed by atoms with Crippen LogP contribution in [0.2, 0.25) is 0 Å². The van der Waals surface area contributed by atoms with Gasteiger partial charge in [0.05, 0.1) is 24.2 Å². The number of amides is 2. The summed E-state index contributed by atoms with van der Waals surface area (Å²) < 4.78 is 6.08. The maximum atomic E-state index is 13.2. The van der Waals surface area contributed by atoms with Gasteiger partial charge in [0.15, 0.2) is 0 Å². The molecule has 6 fully saturated rings. The SMILES string of the molecule is C.CC(=O)N1CCc2ccccc2[C@@H]1c1ccccc1.CC(C)=O.O=C(O[C@H]1CN2CCC1CC2)N1CCc2ccccc2[C@@H]1c1ccccc1.O[C@H]1CN2CCC1CC2.c1ccc([C@@H]2NCCc3ccccc32)cc1. The number of nitrogens with zero attached hydrogens (tertiary/aromatic N) is 4. The van der Waals surface area contributed by atoms with Gasteiger partial charge in [-0.2, -0.15) is 0 Å². The second-order valence-corrected chi connectivity index (χ2v) is 21.4. The molecule has 76 heavy (non-hydrogen) atoms. The van der Waals surface area contributed by atoms with E-state index < -0.39 is 0 Å². The molecule has 2 N–H and O–H groups in total. The smallest absolute Gasteiger partial charge is 0.410 e. The molecule has 400 valence electrons.